The Morgan fingerprint density at radius 2 is 1.75 bits per heavy atom. The summed E-state index contributed by atoms with van der Waals surface area (Å²) in [6.07, 6.45) is 2.87. The maximum absolute atomic E-state index is 10.0. The molecule has 0 heterocycles. The van der Waals surface area contributed by atoms with E-state index >= 15 is 0 Å². The van der Waals surface area contributed by atoms with E-state index < -0.39 is 0 Å². The summed E-state index contributed by atoms with van der Waals surface area (Å²) in [5, 5.41) is 13.5. The Hall–Kier alpha value is -0.860. The Morgan fingerprint density at radius 1 is 1.15 bits per heavy atom. The molecule has 0 amide bonds. The molecule has 0 aliphatic heterocycles. The molecule has 2 atom stereocenters. The summed E-state index contributed by atoms with van der Waals surface area (Å²) in [6.45, 7) is 11.5. The molecule has 0 saturated heterocycles. The minimum absolute atomic E-state index is 0.173. The predicted octanol–water partition coefficient (Wildman–Crippen LogP) is 4.09. The predicted molar refractivity (Wildman–Crippen MR) is 86.9 cm³/mol. The third kappa shape index (κ3) is 6.53. The molecule has 2 N–H and O–H groups in total. The van der Waals surface area contributed by atoms with Crippen LogP contribution in [-0.4, -0.2) is 17.8 Å². The standard InChI is InChI=1S/C18H31NO/c1-6-7-15-8-10-16(11-9-15)14(2)19-13-17(20)12-18(3,4)5/h8-11,14,17,19-20H,6-7,12-13H2,1-5H3. The number of rotatable bonds is 7. The quantitative estimate of drug-likeness (QED) is 0.787. The van der Waals surface area contributed by atoms with Crippen molar-refractivity contribution in [2.45, 2.75) is 66.0 Å². The van der Waals surface area contributed by atoms with Crippen LogP contribution < -0.4 is 5.32 Å². The maximum atomic E-state index is 10.0. The fourth-order valence-corrected chi connectivity index (χ4v) is 2.47. The van der Waals surface area contributed by atoms with E-state index in [0.717, 1.165) is 12.8 Å². The van der Waals surface area contributed by atoms with Crippen molar-refractivity contribution in [2.24, 2.45) is 5.41 Å². The van der Waals surface area contributed by atoms with Gasteiger partial charge in [0.2, 0.25) is 0 Å². The van der Waals surface area contributed by atoms with Crippen molar-refractivity contribution < 1.29 is 5.11 Å². The molecule has 20 heavy (non-hydrogen) atoms. The summed E-state index contributed by atoms with van der Waals surface area (Å²) in [6, 6.07) is 9.09. The van der Waals surface area contributed by atoms with Gasteiger partial charge in [-0.05, 0) is 36.3 Å². The van der Waals surface area contributed by atoms with Crippen molar-refractivity contribution in [3.8, 4) is 0 Å². The summed E-state index contributed by atoms with van der Waals surface area (Å²) in [4.78, 5) is 0. The van der Waals surface area contributed by atoms with Gasteiger partial charge in [0, 0.05) is 12.6 Å². The first-order valence-corrected chi connectivity index (χ1v) is 7.82. The van der Waals surface area contributed by atoms with Gasteiger partial charge in [0.1, 0.15) is 0 Å². The van der Waals surface area contributed by atoms with Crippen LogP contribution in [0, 0.1) is 5.41 Å². The van der Waals surface area contributed by atoms with Crippen molar-refractivity contribution in [3.05, 3.63) is 35.4 Å². The molecular formula is C18H31NO. The van der Waals surface area contributed by atoms with Crippen molar-refractivity contribution in [3.63, 3.8) is 0 Å². The highest BCUT2D eigenvalue weighted by Gasteiger charge is 2.17. The maximum Gasteiger partial charge on any atom is 0.0669 e. The Morgan fingerprint density at radius 3 is 2.25 bits per heavy atom. The Labute approximate surface area is 124 Å². The third-order valence-corrected chi connectivity index (χ3v) is 3.53. The molecule has 2 unspecified atom stereocenters. The summed E-state index contributed by atoms with van der Waals surface area (Å²) < 4.78 is 0. The van der Waals surface area contributed by atoms with E-state index in [1.807, 2.05) is 0 Å². The lowest BCUT2D eigenvalue weighted by Gasteiger charge is -2.24. The van der Waals surface area contributed by atoms with Gasteiger partial charge in [-0.15, -0.1) is 0 Å². The molecule has 2 nitrogen and oxygen atoms in total. The molecule has 0 aliphatic carbocycles. The fraction of sp³-hybridized carbons (Fsp3) is 0.667. The third-order valence-electron chi connectivity index (χ3n) is 3.53. The lowest BCUT2D eigenvalue weighted by atomic mass is 9.89. The van der Waals surface area contributed by atoms with Crippen LogP contribution in [0.4, 0.5) is 0 Å². The number of aryl methyl sites for hydroxylation is 1. The van der Waals surface area contributed by atoms with Crippen molar-refractivity contribution in [2.75, 3.05) is 6.54 Å². The monoisotopic (exact) mass is 277 g/mol. The van der Waals surface area contributed by atoms with Crippen LogP contribution in [0.2, 0.25) is 0 Å². The van der Waals surface area contributed by atoms with E-state index in [9.17, 15) is 5.11 Å². The van der Waals surface area contributed by atoms with Gasteiger partial charge in [0.05, 0.1) is 6.10 Å². The number of nitrogens with one attached hydrogen (secondary N) is 1. The largest absolute Gasteiger partial charge is 0.392 e. The molecule has 2 heteroatoms. The van der Waals surface area contributed by atoms with Crippen LogP contribution in [0.1, 0.15) is 64.6 Å². The highest BCUT2D eigenvalue weighted by molar-refractivity contribution is 5.24. The lowest BCUT2D eigenvalue weighted by Crippen LogP contribution is -2.31. The van der Waals surface area contributed by atoms with E-state index in [4.69, 9.17) is 0 Å². The normalized spacial score (nSPS) is 15.1. The van der Waals surface area contributed by atoms with Crippen LogP contribution >= 0.6 is 0 Å². The summed E-state index contributed by atoms with van der Waals surface area (Å²) >= 11 is 0. The highest BCUT2D eigenvalue weighted by Crippen LogP contribution is 2.21. The van der Waals surface area contributed by atoms with Crippen LogP contribution in [0.5, 0.6) is 0 Å². The Balaban J connectivity index is 2.44. The second kappa shape index (κ2) is 7.80. The molecule has 114 valence electrons. The smallest absolute Gasteiger partial charge is 0.0669 e. The second-order valence-corrected chi connectivity index (χ2v) is 7.04. The first-order chi connectivity index (χ1) is 9.31. The van der Waals surface area contributed by atoms with Gasteiger partial charge in [-0.1, -0.05) is 58.4 Å². The average molecular weight is 277 g/mol. The van der Waals surface area contributed by atoms with Gasteiger partial charge >= 0.3 is 0 Å². The first-order valence-electron chi connectivity index (χ1n) is 7.82. The minimum Gasteiger partial charge on any atom is -0.392 e. The summed E-state index contributed by atoms with van der Waals surface area (Å²) in [5.41, 5.74) is 2.86. The molecule has 0 bridgehead atoms. The second-order valence-electron chi connectivity index (χ2n) is 7.04. The molecule has 0 saturated carbocycles. The topological polar surface area (TPSA) is 32.3 Å². The molecule has 0 radical (unpaired) electrons. The molecule has 1 aromatic carbocycles. The van der Waals surface area contributed by atoms with Crippen LogP contribution in [-0.2, 0) is 6.42 Å². The molecule has 0 fully saturated rings. The van der Waals surface area contributed by atoms with Gasteiger partial charge in [-0.25, -0.2) is 0 Å². The van der Waals surface area contributed by atoms with Gasteiger partial charge in [0.15, 0.2) is 0 Å². The van der Waals surface area contributed by atoms with E-state index in [-0.39, 0.29) is 17.6 Å². The number of aliphatic hydroxyl groups excluding tert-OH is 1. The van der Waals surface area contributed by atoms with Crippen molar-refractivity contribution in [1.29, 1.82) is 0 Å². The number of hydrogen-bond acceptors (Lipinski definition) is 2. The van der Waals surface area contributed by atoms with E-state index in [2.05, 4.69) is 64.2 Å². The zero-order valence-electron chi connectivity index (χ0n) is 13.7. The molecule has 1 aromatic rings. The highest BCUT2D eigenvalue weighted by atomic mass is 16.3. The Bertz CT molecular complexity index is 377. The van der Waals surface area contributed by atoms with E-state index in [1.165, 1.54) is 17.5 Å². The first kappa shape index (κ1) is 17.2. The minimum atomic E-state index is -0.281. The zero-order valence-corrected chi connectivity index (χ0v) is 13.7. The summed E-state index contributed by atoms with van der Waals surface area (Å²) in [5.74, 6) is 0. The van der Waals surface area contributed by atoms with Gasteiger partial charge < -0.3 is 10.4 Å². The van der Waals surface area contributed by atoms with Gasteiger partial charge in [-0.3, -0.25) is 0 Å². The lowest BCUT2D eigenvalue weighted by molar-refractivity contribution is 0.117. The Kier molecular flexibility index (Phi) is 6.70. The van der Waals surface area contributed by atoms with Gasteiger partial charge in [0.25, 0.3) is 0 Å². The number of aliphatic hydroxyl groups is 1. The molecule has 0 aliphatic rings. The fourth-order valence-electron chi connectivity index (χ4n) is 2.47. The van der Waals surface area contributed by atoms with Crippen molar-refractivity contribution in [1.82, 2.24) is 5.32 Å². The van der Waals surface area contributed by atoms with Crippen LogP contribution in [0.25, 0.3) is 0 Å². The number of benzene rings is 1. The van der Waals surface area contributed by atoms with E-state index in [1.54, 1.807) is 0 Å². The zero-order chi connectivity index (χ0) is 15.2. The SMILES string of the molecule is CCCc1ccc(C(C)NCC(O)CC(C)(C)C)cc1. The number of hydrogen-bond donors (Lipinski definition) is 2. The van der Waals surface area contributed by atoms with Crippen LogP contribution in [0.3, 0.4) is 0 Å². The molecule has 1 rings (SSSR count). The molecular weight excluding hydrogens is 246 g/mol. The van der Waals surface area contributed by atoms with Crippen LogP contribution in [0.15, 0.2) is 24.3 Å². The molecule has 0 aromatic heterocycles. The van der Waals surface area contributed by atoms with Gasteiger partial charge in [-0.2, -0.15) is 0 Å². The van der Waals surface area contributed by atoms with E-state index in [0.29, 0.717) is 6.54 Å². The summed E-state index contributed by atoms with van der Waals surface area (Å²) in [7, 11) is 0. The average Bonchev–Trinajstić information content (AvgIpc) is 2.35. The molecule has 0 spiro atoms. The van der Waals surface area contributed by atoms with Crippen molar-refractivity contribution >= 4 is 0 Å².